The van der Waals surface area contributed by atoms with Crippen molar-refractivity contribution in [2.24, 2.45) is 7.05 Å². The van der Waals surface area contributed by atoms with Gasteiger partial charge in [0.25, 0.3) is 0 Å². The number of urea groups is 1. The van der Waals surface area contributed by atoms with E-state index < -0.39 is 6.03 Å². The van der Waals surface area contributed by atoms with Gasteiger partial charge in [0.05, 0.1) is 5.69 Å². The predicted molar refractivity (Wildman–Crippen MR) is 121 cm³/mol. The predicted octanol–water partition coefficient (Wildman–Crippen LogP) is 2.32. The number of benzene rings is 1. The zero-order valence-corrected chi connectivity index (χ0v) is 19.4. The number of hydrogen-bond donors (Lipinski definition) is 2. The van der Waals surface area contributed by atoms with Crippen molar-refractivity contribution in [3.05, 3.63) is 65.2 Å². The first-order valence-electron chi connectivity index (χ1n) is 10.2. The number of fused-ring (bicyclic) bond motifs is 1. The first kappa shape index (κ1) is 20.5. The average molecular weight is 489 g/mol. The quantitative estimate of drug-likeness (QED) is 0.331. The van der Waals surface area contributed by atoms with Gasteiger partial charge >= 0.3 is 156 Å². The second kappa shape index (κ2) is 7.91. The van der Waals surface area contributed by atoms with Crippen LogP contribution in [0.1, 0.15) is 46.1 Å². The van der Waals surface area contributed by atoms with Crippen molar-refractivity contribution in [3.63, 3.8) is 0 Å². The number of nitrogens with zero attached hydrogens (tertiary/aromatic N) is 5. The van der Waals surface area contributed by atoms with Gasteiger partial charge < -0.3 is 0 Å². The van der Waals surface area contributed by atoms with Gasteiger partial charge in [-0.05, 0) is 12.8 Å². The summed E-state index contributed by atoms with van der Waals surface area (Å²) in [6, 6.07) is 10.2. The third-order valence-electron chi connectivity index (χ3n) is 5.48. The van der Waals surface area contributed by atoms with Crippen LogP contribution in [-0.2, 0) is 7.05 Å². The van der Waals surface area contributed by atoms with Crippen LogP contribution in [0.5, 0.6) is 0 Å². The molecule has 1 saturated carbocycles. The summed E-state index contributed by atoms with van der Waals surface area (Å²) < 4.78 is 4.03. The summed E-state index contributed by atoms with van der Waals surface area (Å²) in [4.78, 5) is 30.0. The van der Waals surface area contributed by atoms with E-state index >= 15 is 0 Å². The van der Waals surface area contributed by atoms with Crippen molar-refractivity contribution in [2.45, 2.75) is 25.7 Å². The van der Waals surface area contributed by atoms with Crippen molar-refractivity contribution in [1.82, 2.24) is 24.4 Å². The molecule has 3 heterocycles. The number of amides is 2. The average Bonchev–Trinajstić information content (AvgIpc) is 3.48. The molecule has 5 rings (SSSR count). The fourth-order valence-corrected chi connectivity index (χ4v) is 4.28. The summed E-state index contributed by atoms with van der Waals surface area (Å²) in [5.41, 5.74) is 4.00. The molecule has 0 aliphatic heterocycles. The van der Waals surface area contributed by atoms with Crippen LogP contribution < -0.4 is 15.1 Å². The van der Waals surface area contributed by atoms with Crippen LogP contribution in [0.2, 0.25) is 0 Å². The minimum atomic E-state index is -0.397. The number of ketones is 1. The van der Waals surface area contributed by atoms with Crippen molar-refractivity contribution in [2.75, 3.05) is 10.6 Å². The van der Waals surface area contributed by atoms with E-state index in [0.717, 1.165) is 24.2 Å². The van der Waals surface area contributed by atoms with Crippen LogP contribution in [0.4, 0.5) is 16.3 Å². The number of carbonyl (C=O) groups is 2. The van der Waals surface area contributed by atoms with Gasteiger partial charge in [-0.1, -0.05) is 0 Å². The van der Waals surface area contributed by atoms with Gasteiger partial charge in [-0.3, -0.25) is 0 Å². The molecule has 32 heavy (non-hydrogen) atoms. The van der Waals surface area contributed by atoms with Gasteiger partial charge in [0, 0.05) is 13.0 Å². The van der Waals surface area contributed by atoms with Crippen molar-refractivity contribution in [1.29, 1.82) is 0 Å². The normalized spacial score (nSPS) is 13.3. The Balaban J connectivity index is 1.36. The van der Waals surface area contributed by atoms with Gasteiger partial charge in [-0.15, -0.1) is 0 Å². The molecule has 1 fully saturated rings. The molecule has 2 radical (unpaired) electrons. The SMILES string of the molecule is Cc1cc(C(=O)c2cccc(NC(=O)Nc3cc(C4CC4)nn3C)c2)c2c([As])ncnn12. The van der Waals surface area contributed by atoms with Crippen molar-refractivity contribution < 1.29 is 9.59 Å². The van der Waals surface area contributed by atoms with Crippen molar-refractivity contribution in [3.8, 4) is 0 Å². The van der Waals surface area contributed by atoms with E-state index in [1.165, 1.54) is 6.33 Å². The molecule has 0 saturated heterocycles. The molecular weight excluding hydrogens is 469 g/mol. The Morgan fingerprint density at radius 1 is 1.16 bits per heavy atom. The topological polar surface area (TPSA) is 106 Å². The second-order valence-corrected chi connectivity index (χ2v) is 8.77. The molecule has 3 aromatic heterocycles. The molecule has 0 spiro atoms. The second-order valence-electron chi connectivity index (χ2n) is 7.88. The Morgan fingerprint density at radius 3 is 2.75 bits per heavy atom. The van der Waals surface area contributed by atoms with Crippen LogP contribution in [0.3, 0.4) is 0 Å². The molecule has 4 aromatic rings. The number of carbonyl (C=O) groups excluding carboxylic acids is 2. The fourth-order valence-electron chi connectivity index (χ4n) is 3.72. The summed E-state index contributed by atoms with van der Waals surface area (Å²) in [6.07, 6.45) is 3.75. The number of anilines is 2. The van der Waals surface area contributed by atoms with Crippen LogP contribution in [0.25, 0.3) is 5.52 Å². The molecule has 10 heteroatoms. The van der Waals surface area contributed by atoms with E-state index in [4.69, 9.17) is 0 Å². The summed E-state index contributed by atoms with van der Waals surface area (Å²) >= 11 is 2.37. The number of hydrogen-bond acceptors (Lipinski definition) is 5. The van der Waals surface area contributed by atoms with E-state index in [9.17, 15) is 9.59 Å². The van der Waals surface area contributed by atoms with Gasteiger partial charge in [-0.25, -0.2) is 0 Å². The van der Waals surface area contributed by atoms with Crippen LogP contribution in [-0.4, -0.2) is 53.0 Å². The number of aryl methyl sites for hydroxylation is 2. The molecular formula is C22H20AsN7O2. The molecule has 0 unspecified atom stereocenters. The molecule has 2 amide bonds. The number of nitrogens with one attached hydrogen (secondary N) is 2. The fraction of sp³-hybridized carbons (Fsp3) is 0.227. The molecule has 160 valence electrons. The van der Waals surface area contributed by atoms with E-state index in [1.807, 2.05) is 13.0 Å². The van der Waals surface area contributed by atoms with Crippen LogP contribution in [0, 0.1) is 6.92 Å². The standard InChI is InChI=1S/C22H20AsN7O2/c1-12-8-16(19-21(23)24-11-25-30(12)19)20(31)14-4-3-5-15(9-14)26-22(32)27-18-10-17(13-6-7-13)28-29(18)2/h3-5,8-11,13H,6-7H2,1-2H3,(H2,26,27,32). The molecule has 1 aliphatic rings. The Morgan fingerprint density at radius 2 is 1.97 bits per heavy atom. The Kier molecular flexibility index (Phi) is 5.05. The molecule has 2 N–H and O–H groups in total. The van der Waals surface area contributed by atoms with Gasteiger partial charge in [0.1, 0.15) is 0 Å². The van der Waals surface area contributed by atoms with E-state index in [2.05, 4.69) is 42.7 Å². The Hall–Kier alpha value is -3.45. The molecule has 1 aliphatic carbocycles. The van der Waals surface area contributed by atoms with Gasteiger partial charge in [-0.2, -0.15) is 5.10 Å². The van der Waals surface area contributed by atoms with E-state index in [1.54, 1.807) is 46.6 Å². The number of aromatic nitrogens is 5. The Labute approximate surface area is 192 Å². The molecule has 9 nitrogen and oxygen atoms in total. The summed E-state index contributed by atoms with van der Waals surface area (Å²) in [6.45, 7) is 1.89. The minimum absolute atomic E-state index is 0.164. The van der Waals surface area contributed by atoms with Crippen LogP contribution >= 0.6 is 0 Å². The summed E-state index contributed by atoms with van der Waals surface area (Å²) in [5.74, 6) is 0.966. The van der Waals surface area contributed by atoms with Gasteiger partial charge in [0.2, 0.25) is 0 Å². The first-order valence-corrected chi connectivity index (χ1v) is 11.1. The van der Waals surface area contributed by atoms with E-state index in [-0.39, 0.29) is 5.78 Å². The maximum atomic E-state index is 13.3. The monoisotopic (exact) mass is 489 g/mol. The third-order valence-corrected chi connectivity index (χ3v) is 6.16. The Bertz CT molecular complexity index is 1370. The zero-order chi connectivity index (χ0) is 22.4. The molecule has 1 aromatic carbocycles. The van der Waals surface area contributed by atoms with Crippen molar-refractivity contribution >= 4 is 50.2 Å². The molecule has 0 atom stereocenters. The number of rotatable bonds is 5. The maximum absolute atomic E-state index is 13.3. The van der Waals surface area contributed by atoms with Crippen LogP contribution in [0.15, 0.2) is 42.7 Å². The van der Waals surface area contributed by atoms with Gasteiger partial charge in [0.15, 0.2) is 0 Å². The molecule has 0 bridgehead atoms. The summed E-state index contributed by atoms with van der Waals surface area (Å²) in [7, 11) is 1.80. The first-order chi connectivity index (χ1) is 15.4. The third kappa shape index (κ3) is 3.80. The zero-order valence-electron chi connectivity index (χ0n) is 17.5. The summed E-state index contributed by atoms with van der Waals surface area (Å²) in [5, 5.41) is 14.3. The van der Waals surface area contributed by atoms with E-state index in [0.29, 0.717) is 38.5 Å².